The summed E-state index contributed by atoms with van der Waals surface area (Å²) in [5, 5.41) is 7.09. The predicted octanol–water partition coefficient (Wildman–Crippen LogP) is 3.09. The van der Waals surface area contributed by atoms with Gasteiger partial charge < -0.3 is 15.5 Å². The Kier molecular flexibility index (Phi) is 10.0. The molecule has 2 heterocycles. The smallest absolute Gasteiger partial charge is 0.191 e. The summed E-state index contributed by atoms with van der Waals surface area (Å²) in [6.45, 7) is 14.1. The van der Waals surface area contributed by atoms with Crippen LogP contribution in [-0.2, 0) is 13.0 Å². The van der Waals surface area contributed by atoms with Crippen LogP contribution in [0.25, 0.3) is 0 Å². The zero-order valence-electron chi connectivity index (χ0n) is 17.8. The quantitative estimate of drug-likeness (QED) is 0.359. The molecule has 2 N–H and O–H groups in total. The molecule has 6 heteroatoms. The van der Waals surface area contributed by atoms with Crippen LogP contribution in [-0.4, -0.2) is 67.1 Å². The molecule has 28 heavy (non-hydrogen) atoms. The maximum absolute atomic E-state index is 4.85. The molecule has 5 nitrogen and oxygen atoms in total. The topological polar surface area (TPSA) is 42.9 Å². The molecular weight excluding hydrogens is 461 g/mol. The van der Waals surface area contributed by atoms with Gasteiger partial charge in [-0.2, -0.15) is 0 Å². The van der Waals surface area contributed by atoms with Crippen molar-refractivity contribution in [3.05, 3.63) is 35.4 Å². The van der Waals surface area contributed by atoms with E-state index in [9.17, 15) is 0 Å². The van der Waals surface area contributed by atoms with Crippen LogP contribution < -0.4 is 10.6 Å². The fourth-order valence-corrected chi connectivity index (χ4v) is 4.12. The number of nitrogens with one attached hydrogen (secondary N) is 2. The van der Waals surface area contributed by atoms with E-state index < -0.39 is 0 Å². The Morgan fingerprint density at radius 3 is 2.54 bits per heavy atom. The van der Waals surface area contributed by atoms with E-state index in [1.807, 2.05) is 0 Å². The molecule has 0 spiro atoms. The van der Waals surface area contributed by atoms with Crippen molar-refractivity contribution in [2.24, 2.45) is 4.99 Å². The lowest BCUT2D eigenvalue weighted by Gasteiger charge is -2.35. The highest BCUT2D eigenvalue weighted by Gasteiger charge is 2.21. The van der Waals surface area contributed by atoms with E-state index >= 15 is 0 Å². The van der Waals surface area contributed by atoms with Gasteiger partial charge in [0.25, 0.3) is 0 Å². The van der Waals surface area contributed by atoms with E-state index in [0.717, 1.165) is 45.1 Å². The molecule has 2 aliphatic rings. The first kappa shape index (κ1) is 23.4. The van der Waals surface area contributed by atoms with Crippen molar-refractivity contribution in [1.29, 1.82) is 0 Å². The number of nitrogens with zero attached hydrogens (tertiary/aromatic N) is 3. The molecule has 1 aromatic rings. The minimum Gasteiger partial charge on any atom is -0.357 e. The first-order chi connectivity index (χ1) is 13.2. The van der Waals surface area contributed by atoms with Crippen LogP contribution in [0, 0.1) is 0 Å². The molecule has 0 aromatic heterocycles. The van der Waals surface area contributed by atoms with Gasteiger partial charge in [0, 0.05) is 51.4 Å². The maximum Gasteiger partial charge on any atom is 0.191 e. The molecule has 0 atom stereocenters. The summed E-state index contributed by atoms with van der Waals surface area (Å²) in [4.78, 5) is 9.94. The van der Waals surface area contributed by atoms with Gasteiger partial charge in [-0.15, -0.1) is 24.0 Å². The number of halogens is 1. The van der Waals surface area contributed by atoms with E-state index in [1.54, 1.807) is 0 Å². The van der Waals surface area contributed by atoms with Gasteiger partial charge in [-0.3, -0.25) is 9.89 Å². The highest BCUT2D eigenvalue weighted by molar-refractivity contribution is 14.0. The summed E-state index contributed by atoms with van der Waals surface area (Å²) < 4.78 is 0. The van der Waals surface area contributed by atoms with Crippen molar-refractivity contribution in [2.45, 2.75) is 58.7 Å². The third kappa shape index (κ3) is 6.88. The first-order valence-electron chi connectivity index (χ1n) is 10.7. The van der Waals surface area contributed by atoms with E-state index in [-0.39, 0.29) is 24.0 Å². The van der Waals surface area contributed by atoms with Gasteiger partial charge in [0.2, 0.25) is 0 Å². The highest BCUT2D eigenvalue weighted by atomic mass is 127. The molecule has 1 aromatic carbocycles. The Hall–Kier alpha value is -0.860. The second kappa shape index (κ2) is 12.0. The SMILES string of the molecule is CCNC(=NCCN1CCc2ccccc2C1)NC1CCN(C(C)C)CC1.I. The van der Waals surface area contributed by atoms with Crippen molar-refractivity contribution in [2.75, 3.05) is 39.3 Å². The third-order valence-electron chi connectivity index (χ3n) is 5.84. The second-order valence-electron chi connectivity index (χ2n) is 8.10. The minimum absolute atomic E-state index is 0. The Bertz CT molecular complexity index is 611. The van der Waals surface area contributed by atoms with E-state index in [2.05, 4.69) is 65.5 Å². The Morgan fingerprint density at radius 1 is 1.14 bits per heavy atom. The summed E-state index contributed by atoms with van der Waals surface area (Å²) in [5.74, 6) is 0.984. The minimum atomic E-state index is 0. The Balaban J connectivity index is 0.00000280. The number of piperidine rings is 1. The molecule has 2 aliphatic heterocycles. The molecule has 0 saturated carbocycles. The number of likely N-dealkylation sites (tertiary alicyclic amines) is 1. The Labute approximate surface area is 188 Å². The lowest BCUT2D eigenvalue weighted by atomic mass is 10.00. The van der Waals surface area contributed by atoms with E-state index in [1.165, 1.54) is 37.1 Å². The molecule has 158 valence electrons. The van der Waals surface area contributed by atoms with Gasteiger partial charge in [-0.25, -0.2) is 0 Å². The molecule has 1 fully saturated rings. The summed E-state index contributed by atoms with van der Waals surface area (Å²) in [6.07, 6.45) is 3.56. The van der Waals surface area contributed by atoms with Crippen molar-refractivity contribution in [3.8, 4) is 0 Å². The molecule has 0 aliphatic carbocycles. The van der Waals surface area contributed by atoms with Crippen LogP contribution in [0.2, 0.25) is 0 Å². The molecule has 0 amide bonds. The largest absolute Gasteiger partial charge is 0.357 e. The standard InChI is InChI=1S/C22H37N5.HI/c1-4-23-22(25-21-10-14-27(15-11-21)18(2)3)24-12-16-26-13-9-19-7-5-6-8-20(19)17-26;/h5-8,18,21H,4,9-17H2,1-3H3,(H2,23,24,25);1H. The molecule has 3 rings (SSSR count). The number of benzene rings is 1. The summed E-state index contributed by atoms with van der Waals surface area (Å²) in [6, 6.07) is 10.0. The molecule has 1 saturated heterocycles. The number of aliphatic imine (C=N–C) groups is 1. The van der Waals surface area contributed by atoms with Crippen LogP contribution in [0.1, 0.15) is 44.7 Å². The number of rotatable bonds is 6. The van der Waals surface area contributed by atoms with Crippen LogP contribution in [0.5, 0.6) is 0 Å². The van der Waals surface area contributed by atoms with Crippen LogP contribution >= 0.6 is 24.0 Å². The average molecular weight is 499 g/mol. The summed E-state index contributed by atoms with van der Waals surface area (Å²) in [5.41, 5.74) is 3.00. The number of guanidine groups is 1. The molecule has 0 radical (unpaired) electrons. The lowest BCUT2D eigenvalue weighted by molar-refractivity contribution is 0.167. The molecule has 0 unspecified atom stereocenters. The average Bonchev–Trinajstić information content (AvgIpc) is 2.68. The third-order valence-corrected chi connectivity index (χ3v) is 5.84. The van der Waals surface area contributed by atoms with Gasteiger partial charge in [-0.05, 0) is 51.2 Å². The molecule has 0 bridgehead atoms. The molecular formula is C22H38IN5. The first-order valence-corrected chi connectivity index (χ1v) is 10.7. The predicted molar refractivity (Wildman–Crippen MR) is 130 cm³/mol. The van der Waals surface area contributed by atoms with Gasteiger partial charge in [0.1, 0.15) is 0 Å². The van der Waals surface area contributed by atoms with Crippen LogP contribution in [0.15, 0.2) is 29.3 Å². The monoisotopic (exact) mass is 499 g/mol. The zero-order chi connectivity index (χ0) is 19.1. The summed E-state index contributed by atoms with van der Waals surface area (Å²) >= 11 is 0. The van der Waals surface area contributed by atoms with E-state index in [4.69, 9.17) is 4.99 Å². The van der Waals surface area contributed by atoms with Crippen molar-refractivity contribution in [1.82, 2.24) is 20.4 Å². The van der Waals surface area contributed by atoms with Gasteiger partial charge in [-0.1, -0.05) is 24.3 Å². The van der Waals surface area contributed by atoms with Crippen molar-refractivity contribution >= 4 is 29.9 Å². The van der Waals surface area contributed by atoms with Gasteiger partial charge in [0.05, 0.1) is 6.54 Å². The number of hydrogen-bond donors (Lipinski definition) is 2. The van der Waals surface area contributed by atoms with E-state index in [0.29, 0.717) is 12.1 Å². The van der Waals surface area contributed by atoms with Gasteiger partial charge in [0.15, 0.2) is 5.96 Å². The van der Waals surface area contributed by atoms with Crippen molar-refractivity contribution in [3.63, 3.8) is 0 Å². The zero-order valence-corrected chi connectivity index (χ0v) is 20.1. The number of fused-ring (bicyclic) bond motifs is 1. The van der Waals surface area contributed by atoms with Gasteiger partial charge >= 0.3 is 0 Å². The second-order valence-corrected chi connectivity index (χ2v) is 8.10. The Morgan fingerprint density at radius 2 is 1.86 bits per heavy atom. The maximum atomic E-state index is 4.85. The lowest BCUT2D eigenvalue weighted by Crippen LogP contribution is -2.50. The number of hydrogen-bond acceptors (Lipinski definition) is 3. The van der Waals surface area contributed by atoms with Crippen LogP contribution in [0.4, 0.5) is 0 Å². The fourth-order valence-electron chi connectivity index (χ4n) is 4.12. The highest BCUT2D eigenvalue weighted by Crippen LogP contribution is 2.18. The normalized spacial score (nSPS) is 19.2. The van der Waals surface area contributed by atoms with Crippen molar-refractivity contribution < 1.29 is 0 Å². The summed E-state index contributed by atoms with van der Waals surface area (Å²) in [7, 11) is 0. The fraction of sp³-hybridized carbons (Fsp3) is 0.682. The van der Waals surface area contributed by atoms with Crippen LogP contribution in [0.3, 0.4) is 0 Å².